The molecule has 0 saturated heterocycles. The van der Waals surface area contributed by atoms with Crippen LogP contribution in [0.3, 0.4) is 0 Å². The molecule has 1 N–H and O–H groups in total. The number of aromatic nitrogens is 4. The van der Waals surface area contributed by atoms with Crippen molar-refractivity contribution in [2.24, 2.45) is 0 Å². The first kappa shape index (κ1) is 13.0. The Balaban J connectivity index is 2.31. The number of halogens is 2. The molecule has 0 bridgehead atoms. The number of pyridine rings is 1. The maximum atomic E-state index is 14.1. The van der Waals surface area contributed by atoms with Crippen molar-refractivity contribution in [3.63, 3.8) is 0 Å². The highest BCUT2D eigenvalue weighted by atomic mass is 35.5. The number of para-hydroxylation sites is 1. The Bertz CT molecular complexity index is 792. The van der Waals surface area contributed by atoms with E-state index in [2.05, 4.69) is 15.2 Å². The van der Waals surface area contributed by atoms with Crippen LogP contribution in [0.4, 0.5) is 4.39 Å². The van der Waals surface area contributed by atoms with Gasteiger partial charge < -0.3 is 0 Å². The summed E-state index contributed by atoms with van der Waals surface area (Å²) in [5.41, 5.74) is 0.729. The van der Waals surface area contributed by atoms with E-state index in [1.807, 2.05) is 6.07 Å². The number of aromatic amines is 1. The van der Waals surface area contributed by atoms with Crippen LogP contribution >= 0.6 is 23.8 Å². The molecule has 100 valence electrons. The topological polar surface area (TPSA) is 46.5 Å². The molecule has 2 heterocycles. The first-order valence-corrected chi connectivity index (χ1v) is 6.50. The summed E-state index contributed by atoms with van der Waals surface area (Å²) in [5, 5.41) is 6.99. The molecule has 1 aromatic carbocycles. The molecule has 2 aromatic heterocycles. The van der Waals surface area contributed by atoms with E-state index in [-0.39, 0.29) is 15.5 Å². The van der Waals surface area contributed by atoms with Crippen molar-refractivity contribution >= 4 is 23.8 Å². The summed E-state index contributed by atoms with van der Waals surface area (Å²) in [6.07, 6.45) is 1.63. The maximum Gasteiger partial charge on any atom is 0.200 e. The summed E-state index contributed by atoms with van der Waals surface area (Å²) in [5.74, 6) is -0.0743. The monoisotopic (exact) mass is 306 g/mol. The van der Waals surface area contributed by atoms with Gasteiger partial charge in [0, 0.05) is 6.20 Å². The Morgan fingerprint density at radius 2 is 2.05 bits per heavy atom. The van der Waals surface area contributed by atoms with Gasteiger partial charge in [-0.1, -0.05) is 23.7 Å². The van der Waals surface area contributed by atoms with E-state index >= 15 is 0 Å². The van der Waals surface area contributed by atoms with Gasteiger partial charge in [-0.05, 0) is 36.5 Å². The molecule has 0 aliphatic rings. The number of hydrogen-bond donors (Lipinski definition) is 1. The van der Waals surface area contributed by atoms with Crippen LogP contribution in [0.1, 0.15) is 0 Å². The molecular weight excluding hydrogens is 299 g/mol. The fraction of sp³-hybridized carbons (Fsp3) is 0. The molecule has 0 saturated carbocycles. The van der Waals surface area contributed by atoms with Crippen molar-refractivity contribution in [3.05, 3.63) is 58.2 Å². The zero-order chi connectivity index (χ0) is 14.1. The van der Waals surface area contributed by atoms with Gasteiger partial charge in [0.1, 0.15) is 17.2 Å². The SMILES string of the molecule is Fc1cccc(Cl)c1-n1c(-c2ccccn2)n[nH]c1=S. The average molecular weight is 307 g/mol. The van der Waals surface area contributed by atoms with Crippen molar-refractivity contribution in [3.8, 4) is 17.2 Å². The van der Waals surface area contributed by atoms with Gasteiger partial charge in [0.05, 0.1) is 5.02 Å². The van der Waals surface area contributed by atoms with Gasteiger partial charge in [-0.2, -0.15) is 5.10 Å². The molecule has 0 radical (unpaired) electrons. The third kappa shape index (κ3) is 2.13. The van der Waals surface area contributed by atoms with E-state index in [1.54, 1.807) is 24.4 Å². The zero-order valence-electron chi connectivity index (χ0n) is 10.0. The molecule has 4 nitrogen and oxygen atoms in total. The third-order valence-electron chi connectivity index (χ3n) is 2.73. The predicted molar refractivity (Wildman–Crippen MR) is 76.9 cm³/mol. The van der Waals surface area contributed by atoms with Gasteiger partial charge in [0.25, 0.3) is 0 Å². The number of hydrogen-bond acceptors (Lipinski definition) is 3. The largest absolute Gasteiger partial charge is 0.262 e. The summed E-state index contributed by atoms with van der Waals surface area (Å²) >= 11 is 11.2. The normalized spacial score (nSPS) is 10.7. The predicted octanol–water partition coefficient (Wildman–Crippen LogP) is 3.78. The van der Waals surface area contributed by atoms with Crippen LogP contribution in [-0.4, -0.2) is 19.7 Å². The van der Waals surface area contributed by atoms with E-state index in [4.69, 9.17) is 23.8 Å². The van der Waals surface area contributed by atoms with Gasteiger partial charge in [-0.15, -0.1) is 0 Å². The van der Waals surface area contributed by atoms with Crippen molar-refractivity contribution in [1.29, 1.82) is 0 Å². The minimum Gasteiger partial charge on any atom is -0.262 e. The lowest BCUT2D eigenvalue weighted by Crippen LogP contribution is -2.02. The van der Waals surface area contributed by atoms with Gasteiger partial charge >= 0.3 is 0 Å². The molecule has 0 aliphatic carbocycles. The number of rotatable bonds is 2. The van der Waals surface area contributed by atoms with Crippen molar-refractivity contribution in [2.75, 3.05) is 0 Å². The van der Waals surface area contributed by atoms with Crippen LogP contribution < -0.4 is 0 Å². The highest BCUT2D eigenvalue weighted by Gasteiger charge is 2.17. The maximum absolute atomic E-state index is 14.1. The Hall–Kier alpha value is -2.05. The average Bonchev–Trinajstić information content (AvgIpc) is 2.82. The Labute approximate surface area is 123 Å². The summed E-state index contributed by atoms with van der Waals surface area (Å²) < 4.78 is 15.8. The Morgan fingerprint density at radius 3 is 2.75 bits per heavy atom. The highest BCUT2D eigenvalue weighted by Crippen LogP contribution is 2.27. The lowest BCUT2D eigenvalue weighted by atomic mass is 10.2. The quantitative estimate of drug-likeness (QED) is 0.733. The van der Waals surface area contributed by atoms with Crippen molar-refractivity contribution in [2.45, 2.75) is 0 Å². The summed E-state index contributed by atoms with van der Waals surface area (Å²) in [6, 6.07) is 9.80. The lowest BCUT2D eigenvalue weighted by Gasteiger charge is -2.09. The highest BCUT2D eigenvalue weighted by molar-refractivity contribution is 7.71. The minimum atomic E-state index is -0.479. The van der Waals surface area contributed by atoms with Crippen molar-refractivity contribution < 1.29 is 4.39 Å². The molecule has 0 amide bonds. The number of H-pyrrole nitrogens is 1. The van der Waals surface area contributed by atoms with E-state index in [0.717, 1.165) is 0 Å². The zero-order valence-corrected chi connectivity index (χ0v) is 11.6. The van der Waals surface area contributed by atoms with E-state index in [9.17, 15) is 4.39 Å². The number of nitrogens with one attached hydrogen (secondary N) is 1. The molecule has 0 atom stereocenters. The van der Waals surface area contributed by atoms with Crippen molar-refractivity contribution in [1.82, 2.24) is 19.7 Å². The second kappa shape index (κ2) is 5.15. The molecule has 0 fully saturated rings. The van der Waals surface area contributed by atoms with Gasteiger partial charge in [0.2, 0.25) is 0 Å². The molecule has 0 spiro atoms. The molecule has 3 rings (SSSR count). The standard InChI is InChI=1S/C13H8ClFN4S/c14-8-4-3-5-9(15)11(8)19-12(17-18-13(19)20)10-6-1-2-7-16-10/h1-7H,(H,18,20). The third-order valence-corrected chi connectivity index (χ3v) is 3.31. The Kier molecular flexibility index (Phi) is 3.33. The summed E-state index contributed by atoms with van der Waals surface area (Å²) in [4.78, 5) is 4.19. The van der Waals surface area contributed by atoms with Crippen LogP contribution in [0, 0.1) is 10.6 Å². The summed E-state index contributed by atoms with van der Waals surface area (Å²) in [7, 11) is 0. The second-order valence-corrected chi connectivity index (χ2v) is 4.77. The molecule has 0 unspecified atom stereocenters. The van der Waals surface area contributed by atoms with E-state index < -0.39 is 5.82 Å². The van der Waals surface area contributed by atoms with Gasteiger partial charge in [-0.25, -0.2) is 4.39 Å². The molecule has 0 aliphatic heterocycles. The smallest absolute Gasteiger partial charge is 0.200 e. The van der Waals surface area contributed by atoms with E-state index in [0.29, 0.717) is 11.5 Å². The molecule has 20 heavy (non-hydrogen) atoms. The first-order valence-electron chi connectivity index (χ1n) is 5.71. The van der Waals surface area contributed by atoms with Crippen LogP contribution in [0.2, 0.25) is 5.02 Å². The fourth-order valence-corrected chi connectivity index (χ4v) is 2.34. The van der Waals surface area contributed by atoms with E-state index in [1.165, 1.54) is 16.7 Å². The Morgan fingerprint density at radius 1 is 1.20 bits per heavy atom. The van der Waals surface area contributed by atoms with Gasteiger partial charge in [-0.3, -0.25) is 14.6 Å². The molecule has 3 aromatic rings. The summed E-state index contributed by atoms with van der Waals surface area (Å²) in [6.45, 7) is 0. The molecule has 7 heteroatoms. The minimum absolute atomic E-state index is 0.161. The second-order valence-electron chi connectivity index (χ2n) is 3.97. The van der Waals surface area contributed by atoms with Crippen LogP contribution in [-0.2, 0) is 0 Å². The van der Waals surface area contributed by atoms with Crippen LogP contribution in [0.25, 0.3) is 17.2 Å². The van der Waals surface area contributed by atoms with Gasteiger partial charge in [0.15, 0.2) is 10.6 Å². The first-order chi connectivity index (χ1) is 9.68. The number of nitrogens with zero attached hydrogens (tertiary/aromatic N) is 3. The van der Waals surface area contributed by atoms with Crippen LogP contribution in [0.5, 0.6) is 0 Å². The van der Waals surface area contributed by atoms with Crippen LogP contribution in [0.15, 0.2) is 42.6 Å². The fourth-order valence-electron chi connectivity index (χ4n) is 1.87. The lowest BCUT2D eigenvalue weighted by molar-refractivity contribution is 0.618. The number of benzene rings is 1. The molecular formula is C13H8ClFN4S.